The molecule has 8 heteroatoms. The summed E-state index contributed by atoms with van der Waals surface area (Å²) in [7, 11) is -0.0166. The van der Waals surface area contributed by atoms with E-state index in [2.05, 4.69) is 0 Å². The van der Waals surface area contributed by atoms with E-state index < -0.39 is 16.1 Å². The Balaban J connectivity index is 2.15. The van der Waals surface area contributed by atoms with E-state index in [4.69, 9.17) is 4.74 Å². The molecule has 0 aliphatic carbocycles. The summed E-state index contributed by atoms with van der Waals surface area (Å²) in [5.41, 5.74) is 1.31. The second-order valence-electron chi connectivity index (χ2n) is 8.17. The second-order valence-corrected chi connectivity index (χ2v) is 10.0. The molecule has 2 aromatic rings. The van der Waals surface area contributed by atoms with E-state index in [1.54, 1.807) is 31.2 Å². The van der Waals surface area contributed by atoms with Gasteiger partial charge in [-0.1, -0.05) is 25.1 Å². The normalized spacial score (nSPS) is 22.6. The van der Waals surface area contributed by atoms with E-state index in [1.807, 2.05) is 25.9 Å². The van der Waals surface area contributed by atoms with Gasteiger partial charge in [-0.2, -0.15) is 4.31 Å². The maximum Gasteiger partial charge on any atom is 0.247 e. The van der Waals surface area contributed by atoms with Crippen LogP contribution in [0.3, 0.4) is 0 Å². The number of ether oxygens (including phenoxy) is 1. The number of halogens is 1. The van der Waals surface area contributed by atoms with Crippen molar-refractivity contribution in [2.24, 2.45) is 5.92 Å². The van der Waals surface area contributed by atoms with Crippen LogP contribution in [0.1, 0.15) is 13.8 Å². The highest BCUT2D eigenvalue weighted by molar-refractivity contribution is 7.89. The van der Waals surface area contributed by atoms with Crippen molar-refractivity contribution < 1.29 is 22.7 Å². The molecule has 30 heavy (non-hydrogen) atoms. The van der Waals surface area contributed by atoms with Gasteiger partial charge in [0, 0.05) is 25.0 Å². The summed E-state index contributed by atoms with van der Waals surface area (Å²) in [6, 6.07) is 10.4. The van der Waals surface area contributed by atoms with Gasteiger partial charge in [0.05, 0.1) is 6.61 Å². The third-order valence-electron chi connectivity index (χ3n) is 5.37. The number of aliphatic hydroxyl groups excluding tert-OH is 1. The Kier molecular flexibility index (Phi) is 6.81. The topological polar surface area (TPSA) is 70.1 Å². The molecule has 1 aliphatic rings. The van der Waals surface area contributed by atoms with Gasteiger partial charge < -0.3 is 14.7 Å². The van der Waals surface area contributed by atoms with Crippen LogP contribution in [0.25, 0.3) is 11.1 Å². The lowest BCUT2D eigenvalue weighted by Gasteiger charge is -2.37. The summed E-state index contributed by atoms with van der Waals surface area (Å²) < 4.78 is 48.1. The molecule has 0 radical (unpaired) electrons. The van der Waals surface area contributed by atoms with E-state index >= 15 is 0 Å². The number of rotatable bonds is 5. The molecule has 164 valence electrons. The smallest absolute Gasteiger partial charge is 0.247 e. The average Bonchev–Trinajstić information content (AvgIpc) is 2.69. The van der Waals surface area contributed by atoms with Crippen molar-refractivity contribution in [3.63, 3.8) is 0 Å². The minimum Gasteiger partial charge on any atom is -0.487 e. The minimum atomic E-state index is -3.89. The van der Waals surface area contributed by atoms with Crippen molar-refractivity contribution in [3.05, 3.63) is 48.3 Å². The second kappa shape index (κ2) is 9.01. The van der Waals surface area contributed by atoms with Crippen molar-refractivity contribution in [1.82, 2.24) is 9.21 Å². The van der Waals surface area contributed by atoms with Gasteiger partial charge in [-0.25, -0.2) is 12.8 Å². The molecule has 0 unspecified atom stereocenters. The zero-order valence-electron chi connectivity index (χ0n) is 17.7. The lowest BCUT2D eigenvalue weighted by atomic mass is 10.0. The van der Waals surface area contributed by atoms with E-state index in [-0.39, 0.29) is 41.6 Å². The maximum atomic E-state index is 13.7. The number of sulfonamides is 1. The van der Waals surface area contributed by atoms with Crippen molar-refractivity contribution in [1.29, 1.82) is 0 Å². The Bertz CT molecular complexity index is 996. The van der Waals surface area contributed by atoms with Crippen LogP contribution in [-0.4, -0.2) is 68.7 Å². The Hall–Kier alpha value is -2.00. The zero-order valence-corrected chi connectivity index (χ0v) is 18.6. The average molecular weight is 437 g/mol. The first-order chi connectivity index (χ1) is 14.1. The van der Waals surface area contributed by atoms with Gasteiger partial charge in [0.1, 0.15) is 22.6 Å². The molecule has 2 aromatic carbocycles. The molecule has 0 saturated carbocycles. The Morgan fingerprint density at radius 3 is 2.57 bits per heavy atom. The summed E-state index contributed by atoms with van der Waals surface area (Å²) in [6.45, 7) is 4.21. The molecular formula is C22H29FN2O4S. The molecule has 0 bridgehead atoms. The summed E-state index contributed by atoms with van der Waals surface area (Å²) >= 11 is 0. The highest BCUT2D eigenvalue weighted by atomic mass is 32.2. The molecule has 1 heterocycles. The molecule has 6 nitrogen and oxygen atoms in total. The first kappa shape index (κ1) is 22.7. The standard InChI is InChI=1S/C22H29FN2O4S/c1-15-12-25(16(2)14-26)30(27,28)22-9-8-18(17-6-5-7-19(23)10-17)11-20(22)29-21(15)13-24(3)4/h5-11,15-16,21,26H,12-14H2,1-4H3/t15-,16+,21+/m1/s1. The summed E-state index contributed by atoms with van der Waals surface area (Å²) in [4.78, 5) is 2.05. The fourth-order valence-corrected chi connectivity index (χ4v) is 5.48. The van der Waals surface area contributed by atoms with Gasteiger partial charge in [0.2, 0.25) is 10.0 Å². The summed E-state index contributed by atoms with van der Waals surface area (Å²) in [5.74, 6) is -0.234. The monoisotopic (exact) mass is 436 g/mol. The van der Waals surface area contributed by atoms with E-state index in [1.165, 1.54) is 22.5 Å². The third kappa shape index (κ3) is 4.67. The SMILES string of the molecule is C[C@@H]1CN([C@@H](C)CO)S(=O)(=O)c2ccc(-c3cccc(F)c3)cc2O[C@H]1CN(C)C. The Morgan fingerprint density at radius 1 is 1.23 bits per heavy atom. The van der Waals surface area contributed by atoms with Crippen LogP contribution >= 0.6 is 0 Å². The molecule has 0 fully saturated rings. The van der Waals surface area contributed by atoms with E-state index in [0.717, 1.165) is 0 Å². The number of benzene rings is 2. The quantitative estimate of drug-likeness (QED) is 0.781. The van der Waals surface area contributed by atoms with Gasteiger partial charge in [-0.15, -0.1) is 0 Å². The van der Waals surface area contributed by atoms with Crippen LogP contribution in [0.4, 0.5) is 4.39 Å². The van der Waals surface area contributed by atoms with Gasteiger partial charge in [0.25, 0.3) is 0 Å². The van der Waals surface area contributed by atoms with Crippen LogP contribution in [0.2, 0.25) is 0 Å². The van der Waals surface area contributed by atoms with Crippen LogP contribution in [-0.2, 0) is 10.0 Å². The molecule has 3 atom stereocenters. The van der Waals surface area contributed by atoms with Gasteiger partial charge in [-0.05, 0) is 56.4 Å². The zero-order chi connectivity index (χ0) is 22.1. The Morgan fingerprint density at radius 2 is 1.93 bits per heavy atom. The minimum absolute atomic E-state index is 0.0543. The van der Waals surface area contributed by atoms with Gasteiger partial charge >= 0.3 is 0 Å². The predicted octanol–water partition coefficient (Wildman–Crippen LogP) is 2.82. The van der Waals surface area contributed by atoms with E-state index in [0.29, 0.717) is 17.7 Å². The highest BCUT2D eigenvalue weighted by Crippen LogP contribution is 2.36. The molecule has 1 N–H and O–H groups in total. The Labute approximate surface area is 177 Å². The molecule has 3 rings (SSSR count). The first-order valence-corrected chi connectivity index (χ1v) is 11.4. The van der Waals surface area contributed by atoms with Crippen molar-refractivity contribution >= 4 is 10.0 Å². The number of nitrogens with zero attached hydrogens (tertiary/aromatic N) is 2. The number of likely N-dealkylation sites (N-methyl/N-ethyl adjacent to an activating group) is 1. The van der Waals surface area contributed by atoms with E-state index in [9.17, 15) is 17.9 Å². The van der Waals surface area contributed by atoms with Crippen molar-refractivity contribution in [2.75, 3.05) is 33.8 Å². The molecule has 0 aromatic heterocycles. The van der Waals surface area contributed by atoms with Crippen LogP contribution in [0.15, 0.2) is 47.4 Å². The van der Waals surface area contributed by atoms with Crippen LogP contribution < -0.4 is 4.74 Å². The molecule has 0 amide bonds. The fraction of sp³-hybridized carbons (Fsp3) is 0.455. The van der Waals surface area contributed by atoms with Crippen LogP contribution in [0, 0.1) is 11.7 Å². The van der Waals surface area contributed by atoms with Crippen LogP contribution in [0.5, 0.6) is 5.75 Å². The molecule has 0 spiro atoms. The molecule has 0 saturated heterocycles. The lowest BCUT2D eigenvalue weighted by molar-refractivity contribution is 0.0813. The van der Waals surface area contributed by atoms with Crippen molar-refractivity contribution in [2.45, 2.75) is 30.9 Å². The van der Waals surface area contributed by atoms with Gasteiger partial charge in [0.15, 0.2) is 0 Å². The number of hydrogen-bond acceptors (Lipinski definition) is 5. The predicted molar refractivity (Wildman–Crippen MR) is 114 cm³/mol. The summed E-state index contributed by atoms with van der Waals surface area (Å²) in [6.07, 6.45) is -0.259. The first-order valence-electron chi connectivity index (χ1n) is 9.97. The number of hydrogen-bond donors (Lipinski definition) is 1. The number of aliphatic hydroxyl groups is 1. The molecular weight excluding hydrogens is 407 g/mol. The highest BCUT2D eigenvalue weighted by Gasteiger charge is 2.37. The maximum absolute atomic E-state index is 13.7. The fourth-order valence-electron chi connectivity index (χ4n) is 3.65. The lowest BCUT2D eigenvalue weighted by Crippen LogP contribution is -2.49. The van der Waals surface area contributed by atoms with Gasteiger partial charge in [-0.3, -0.25) is 0 Å². The van der Waals surface area contributed by atoms with Crippen molar-refractivity contribution in [3.8, 4) is 16.9 Å². The summed E-state index contributed by atoms with van der Waals surface area (Å²) in [5, 5.41) is 9.66. The number of fused-ring (bicyclic) bond motifs is 1. The largest absolute Gasteiger partial charge is 0.487 e. The third-order valence-corrected chi connectivity index (χ3v) is 7.39. The molecule has 1 aliphatic heterocycles.